The summed E-state index contributed by atoms with van der Waals surface area (Å²) < 4.78 is 10.9. The molecule has 3 aromatic carbocycles. The number of fused-ring (bicyclic) bond motifs is 1. The van der Waals surface area contributed by atoms with Crippen LogP contribution >= 0.6 is 0 Å². The van der Waals surface area contributed by atoms with Crippen molar-refractivity contribution in [2.75, 3.05) is 7.11 Å². The maximum Gasteiger partial charge on any atom is 0.408 e. The molecule has 0 aliphatic carbocycles. The Kier molecular flexibility index (Phi) is 5.19. The van der Waals surface area contributed by atoms with E-state index in [4.69, 9.17) is 9.47 Å². The molecule has 1 amide bonds. The van der Waals surface area contributed by atoms with E-state index in [9.17, 15) is 4.79 Å². The number of benzene rings is 3. The van der Waals surface area contributed by atoms with Gasteiger partial charge >= 0.3 is 6.09 Å². The van der Waals surface area contributed by atoms with Crippen LogP contribution in [0.5, 0.6) is 5.75 Å². The number of pyridine rings is 1. The number of nitrogens with one attached hydrogen (secondary N) is 1. The highest BCUT2D eigenvalue weighted by molar-refractivity contribution is 5.82. The Balaban J connectivity index is 1.44. The summed E-state index contributed by atoms with van der Waals surface area (Å²) >= 11 is 0. The van der Waals surface area contributed by atoms with Gasteiger partial charge in [0, 0.05) is 17.1 Å². The smallest absolute Gasteiger partial charge is 0.408 e. The van der Waals surface area contributed by atoms with Crippen LogP contribution in [0, 0.1) is 11.8 Å². The number of hydrogen-bond acceptors (Lipinski definition) is 4. The Morgan fingerprint density at radius 3 is 2.59 bits per heavy atom. The van der Waals surface area contributed by atoms with Crippen LogP contribution < -0.4 is 10.1 Å². The molecule has 0 radical (unpaired) electrons. The molecule has 1 aliphatic rings. The second-order valence-corrected chi connectivity index (χ2v) is 7.52. The molecule has 5 heteroatoms. The van der Waals surface area contributed by atoms with Crippen LogP contribution in [0.4, 0.5) is 4.79 Å². The monoisotopic (exact) mass is 420 g/mol. The number of amides is 1. The lowest BCUT2D eigenvalue weighted by molar-refractivity contribution is 0.132. The van der Waals surface area contributed by atoms with E-state index in [-0.39, 0.29) is 6.04 Å². The minimum Gasteiger partial charge on any atom is -0.497 e. The van der Waals surface area contributed by atoms with Gasteiger partial charge in [-0.25, -0.2) is 9.78 Å². The highest BCUT2D eigenvalue weighted by Gasteiger charge is 2.36. The molecule has 1 saturated heterocycles. The topological polar surface area (TPSA) is 60.5 Å². The van der Waals surface area contributed by atoms with Gasteiger partial charge in [-0.3, -0.25) is 0 Å². The highest BCUT2D eigenvalue weighted by Crippen LogP contribution is 2.37. The van der Waals surface area contributed by atoms with E-state index in [1.54, 1.807) is 7.11 Å². The zero-order chi connectivity index (χ0) is 21.9. The van der Waals surface area contributed by atoms with Crippen molar-refractivity contribution in [2.24, 2.45) is 0 Å². The average molecular weight is 420 g/mol. The van der Waals surface area contributed by atoms with E-state index in [2.05, 4.69) is 22.1 Å². The number of ether oxygens (including phenoxy) is 2. The summed E-state index contributed by atoms with van der Waals surface area (Å²) in [4.78, 5) is 16.5. The highest BCUT2D eigenvalue weighted by atomic mass is 16.6. The first kappa shape index (κ1) is 19.7. The van der Waals surface area contributed by atoms with Gasteiger partial charge in [0.25, 0.3) is 0 Å². The van der Waals surface area contributed by atoms with Crippen molar-refractivity contribution in [3.63, 3.8) is 0 Å². The predicted molar refractivity (Wildman–Crippen MR) is 122 cm³/mol. The molecule has 2 atom stereocenters. The number of carbonyl (C=O) groups excluding carboxylic acids is 1. The number of aromatic nitrogens is 1. The molecule has 0 saturated carbocycles. The SMILES string of the molecule is COc1cccc([C@H]2OC(=O)N[C@@H]2c2cccc(C#Cc3cc4ccccc4cn3)c2)c1. The molecule has 1 N–H and O–H groups in total. The number of cyclic esters (lactones) is 1. The standard InChI is InChI=1S/C27H20N2O3/c1-31-24-11-5-10-21(16-24)26-25(29-27(30)32-26)20-9-4-6-18(14-20)12-13-23-15-19-7-2-3-8-22(19)17-28-23/h2-11,14-17,25-26H,1H3,(H,29,30)/t25-,26-/m1/s1. The maximum atomic E-state index is 12.1. The lowest BCUT2D eigenvalue weighted by Gasteiger charge is -2.18. The number of rotatable bonds is 3. The number of carbonyl (C=O) groups is 1. The Morgan fingerprint density at radius 1 is 0.906 bits per heavy atom. The second kappa shape index (κ2) is 8.44. The molecule has 2 heterocycles. The zero-order valence-electron chi connectivity index (χ0n) is 17.4. The summed E-state index contributed by atoms with van der Waals surface area (Å²) in [5.41, 5.74) is 3.33. The van der Waals surface area contributed by atoms with Crippen molar-refractivity contribution in [1.82, 2.24) is 10.3 Å². The van der Waals surface area contributed by atoms with E-state index in [0.29, 0.717) is 11.4 Å². The Bertz CT molecular complexity index is 1370. The van der Waals surface area contributed by atoms with Crippen molar-refractivity contribution in [3.05, 3.63) is 107 Å². The molecule has 1 aromatic heterocycles. The average Bonchev–Trinajstić information content (AvgIpc) is 3.24. The summed E-state index contributed by atoms with van der Waals surface area (Å²) in [5, 5.41) is 5.10. The van der Waals surface area contributed by atoms with E-state index >= 15 is 0 Å². The fourth-order valence-corrected chi connectivity index (χ4v) is 3.86. The molecular weight excluding hydrogens is 400 g/mol. The molecule has 0 spiro atoms. The molecule has 0 bridgehead atoms. The van der Waals surface area contributed by atoms with Gasteiger partial charge in [0.2, 0.25) is 0 Å². The number of hydrogen-bond donors (Lipinski definition) is 1. The Labute approximate surface area is 186 Å². The van der Waals surface area contributed by atoms with Gasteiger partial charge in [0.05, 0.1) is 13.2 Å². The van der Waals surface area contributed by atoms with Gasteiger partial charge in [0.1, 0.15) is 11.4 Å². The minimum absolute atomic E-state index is 0.324. The van der Waals surface area contributed by atoms with Crippen LogP contribution in [0.2, 0.25) is 0 Å². The maximum absolute atomic E-state index is 12.1. The lowest BCUT2D eigenvalue weighted by Crippen LogP contribution is -2.19. The van der Waals surface area contributed by atoms with Crippen molar-refractivity contribution in [3.8, 4) is 17.6 Å². The van der Waals surface area contributed by atoms with Crippen LogP contribution in [0.1, 0.15) is 34.5 Å². The quantitative estimate of drug-likeness (QED) is 0.465. The fraction of sp³-hybridized carbons (Fsp3) is 0.111. The Morgan fingerprint density at radius 2 is 1.72 bits per heavy atom. The summed E-state index contributed by atoms with van der Waals surface area (Å²) in [5.74, 6) is 7.04. The van der Waals surface area contributed by atoms with E-state index < -0.39 is 12.2 Å². The summed E-state index contributed by atoms with van der Waals surface area (Å²) in [6.45, 7) is 0. The lowest BCUT2D eigenvalue weighted by atomic mass is 9.95. The number of nitrogens with zero attached hydrogens (tertiary/aromatic N) is 1. The van der Waals surface area contributed by atoms with E-state index in [0.717, 1.165) is 27.5 Å². The molecule has 1 fully saturated rings. The molecule has 4 aromatic rings. The Hall–Kier alpha value is -4.30. The van der Waals surface area contributed by atoms with Crippen molar-refractivity contribution < 1.29 is 14.3 Å². The first-order chi connectivity index (χ1) is 15.7. The largest absolute Gasteiger partial charge is 0.497 e. The van der Waals surface area contributed by atoms with E-state index in [1.807, 2.05) is 85.1 Å². The van der Waals surface area contributed by atoms with Crippen LogP contribution in [0.3, 0.4) is 0 Å². The molecule has 156 valence electrons. The first-order valence-electron chi connectivity index (χ1n) is 10.3. The summed E-state index contributed by atoms with van der Waals surface area (Å²) in [6, 6.07) is 25.1. The minimum atomic E-state index is -0.456. The third-order valence-electron chi connectivity index (χ3n) is 5.44. The van der Waals surface area contributed by atoms with Crippen molar-refractivity contribution >= 4 is 16.9 Å². The van der Waals surface area contributed by atoms with Gasteiger partial charge in [-0.2, -0.15) is 0 Å². The molecule has 32 heavy (non-hydrogen) atoms. The van der Waals surface area contributed by atoms with Crippen molar-refractivity contribution in [1.29, 1.82) is 0 Å². The molecule has 5 nitrogen and oxygen atoms in total. The predicted octanol–water partition coefficient (Wildman–Crippen LogP) is 5.17. The van der Waals surface area contributed by atoms with Crippen molar-refractivity contribution in [2.45, 2.75) is 12.1 Å². The molecule has 1 aliphatic heterocycles. The second-order valence-electron chi connectivity index (χ2n) is 7.52. The fourth-order valence-electron chi connectivity index (χ4n) is 3.86. The molecular formula is C27H20N2O3. The van der Waals surface area contributed by atoms with Gasteiger partial charge in [-0.05, 0) is 52.8 Å². The zero-order valence-corrected chi connectivity index (χ0v) is 17.4. The van der Waals surface area contributed by atoms with Crippen LogP contribution in [-0.2, 0) is 4.74 Å². The van der Waals surface area contributed by atoms with E-state index in [1.165, 1.54) is 0 Å². The normalized spacial score (nSPS) is 17.2. The van der Waals surface area contributed by atoms with Gasteiger partial charge in [0.15, 0.2) is 6.10 Å². The van der Waals surface area contributed by atoms with Crippen LogP contribution in [0.25, 0.3) is 10.8 Å². The van der Waals surface area contributed by atoms with Gasteiger partial charge in [-0.15, -0.1) is 0 Å². The van der Waals surface area contributed by atoms with Crippen LogP contribution in [0.15, 0.2) is 85.1 Å². The third-order valence-corrected chi connectivity index (χ3v) is 5.44. The first-order valence-corrected chi connectivity index (χ1v) is 10.3. The van der Waals surface area contributed by atoms with Gasteiger partial charge < -0.3 is 14.8 Å². The summed E-state index contributed by atoms with van der Waals surface area (Å²) in [6.07, 6.45) is 0.933. The summed E-state index contributed by atoms with van der Waals surface area (Å²) in [7, 11) is 1.61. The molecule has 0 unspecified atom stereocenters. The van der Waals surface area contributed by atoms with Gasteiger partial charge in [-0.1, -0.05) is 54.5 Å². The third kappa shape index (κ3) is 3.99. The molecule has 5 rings (SSSR count). The van der Waals surface area contributed by atoms with Crippen LogP contribution in [-0.4, -0.2) is 18.2 Å². The number of alkyl carbamates (subject to hydrolysis) is 1. The number of methoxy groups -OCH3 is 1.